The van der Waals surface area contributed by atoms with Gasteiger partial charge in [-0.05, 0) is 67.9 Å². The minimum Gasteiger partial charge on any atom is -0.459 e. The molecule has 1 unspecified atom stereocenters. The number of carbonyl (C=O) groups is 1. The van der Waals surface area contributed by atoms with E-state index in [1.807, 2.05) is 25.1 Å². The van der Waals surface area contributed by atoms with Crippen LogP contribution in [-0.4, -0.2) is 12.1 Å². The van der Waals surface area contributed by atoms with E-state index in [1.165, 1.54) is 42.4 Å². The highest BCUT2D eigenvalue weighted by molar-refractivity contribution is 5.89. The van der Waals surface area contributed by atoms with Crippen molar-refractivity contribution in [2.45, 2.75) is 71.8 Å². The van der Waals surface area contributed by atoms with Crippen molar-refractivity contribution in [3.8, 4) is 0 Å². The maximum absolute atomic E-state index is 12.1. The van der Waals surface area contributed by atoms with E-state index in [9.17, 15) is 4.79 Å². The second-order valence-electron chi connectivity index (χ2n) is 7.44. The molecule has 0 aliphatic heterocycles. The van der Waals surface area contributed by atoms with Gasteiger partial charge in [-0.25, -0.2) is 4.79 Å². The fourth-order valence-electron chi connectivity index (χ4n) is 3.30. The van der Waals surface area contributed by atoms with Crippen LogP contribution < -0.4 is 0 Å². The number of rotatable bonds is 11. The highest BCUT2D eigenvalue weighted by atomic mass is 16.5. The number of hydrogen-bond acceptors (Lipinski definition) is 2. The van der Waals surface area contributed by atoms with Gasteiger partial charge in [0.05, 0.1) is 11.7 Å². The Labute approximate surface area is 170 Å². The topological polar surface area (TPSA) is 26.3 Å². The van der Waals surface area contributed by atoms with Crippen LogP contribution in [0.1, 0.15) is 79.9 Å². The molecule has 0 bridgehead atoms. The van der Waals surface area contributed by atoms with Gasteiger partial charge in [-0.3, -0.25) is 0 Å². The molecule has 150 valence electrons. The molecule has 0 N–H and O–H groups in total. The molecule has 0 radical (unpaired) electrons. The first kappa shape index (κ1) is 21.9. The van der Waals surface area contributed by atoms with Crippen LogP contribution in [0.4, 0.5) is 0 Å². The number of ether oxygens (including phenoxy) is 1. The van der Waals surface area contributed by atoms with Crippen molar-refractivity contribution in [2.75, 3.05) is 0 Å². The molecule has 0 fully saturated rings. The van der Waals surface area contributed by atoms with Crippen molar-refractivity contribution in [1.29, 1.82) is 0 Å². The Morgan fingerprint density at radius 3 is 2.50 bits per heavy atom. The van der Waals surface area contributed by atoms with Gasteiger partial charge in [-0.2, -0.15) is 0 Å². The van der Waals surface area contributed by atoms with Crippen LogP contribution >= 0.6 is 0 Å². The lowest BCUT2D eigenvalue weighted by Gasteiger charge is -2.12. The third-order valence-corrected chi connectivity index (χ3v) is 4.92. The van der Waals surface area contributed by atoms with Gasteiger partial charge in [0, 0.05) is 0 Å². The number of benzene rings is 2. The van der Waals surface area contributed by atoms with Crippen molar-refractivity contribution in [3.63, 3.8) is 0 Å². The van der Waals surface area contributed by atoms with Crippen LogP contribution in [0.3, 0.4) is 0 Å². The van der Waals surface area contributed by atoms with Crippen molar-refractivity contribution in [3.05, 3.63) is 76.9 Å². The smallest absolute Gasteiger partial charge is 0.338 e. The molecular weight excluding hydrogens is 344 g/mol. The molecule has 0 saturated carbocycles. The number of allylic oxidation sites excluding steroid dienone is 1. The molecule has 2 heteroatoms. The molecule has 0 aliphatic rings. The number of hydrogen-bond donors (Lipinski definition) is 0. The molecular formula is C26H34O2. The molecule has 2 rings (SSSR count). The Morgan fingerprint density at radius 1 is 1.00 bits per heavy atom. The predicted octanol–water partition coefficient (Wildman–Crippen LogP) is 7.02. The van der Waals surface area contributed by atoms with Gasteiger partial charge in [-0.15, -0.1) is 0 Å². The Kier molecular flexibility index (Phi) is 9.54. The molecule has 0 heterocycles. The summed E-state index contributed by atoms with van der Waals surface area (Å²) in [5.74, 6) is -0.246. The predicted molar refractivity (Wildman–Crippen MR) is 119 cm³/mol. The Hall–Kier alpha value is -2.35. The molecule has 0 spiro atoms. The molecule has 2 nitrogen and oxygen atoms in total. The van der Waals surface area contributed by atoms with E-state index < -0.39 is 0 Å². The van der Waals surface area contributed by atoms with Crippen LogP contribution in [0.5, 0.6) is 0 Å². The van der Waals surface area contributed by atoms with Gasteiger partial charge in [0.25, 0.3) is 0 Å². The summed E-state index contributed by atoms with van der Waals surface area (Å²) in [6, 6.07) is 16.0. The first-order valence-electron chi connectivity index (χ1n) is 10.7. The van der Waals surface area contributed by atoms with Crippen molar-refractivity contribution in [1.82, 2.24) is 0 Å². The minimum absolute atomic E-state index is 0.0931. The summed E-state index contributed by atoms with van der Waals surface area (Å²) in [5, 5.41) is 0. The second-order valence-corrected chi connectivity index (χ2v) is 7.44. The maximum atomic E-state index is 12.1. The lowest BCUT2D eigenvalue weighted by molar-refractivity contribution is 0.0327. The average Bonchev–Trinajstić information content (AvgIpc) is 2.71. The number of unbranched alkanes of at least 4 members (excludes halogenated alkanes) is 1. The van der Waals surface area contributed by atoms with E-state index in [1.54, 1.807) is 12.1 Å². The Bertz CT molecular complexity index is 746. The zero-order chi connectivity index (χ0) is 20.2. The fraction of sp³-hybridized carbons (Fsp3) is 0.423. The molecule has 28 heavy (non-hydrogen) atoms. The van der Waals surface area contributed by atoms with E-state index in [4.69, 9.17) is 4.74 Å². The summed E-state index contributed by atoms with van der Waals surface area (Å²) >= 11 is 0. The van der Waals surface area contributed by atoms with Gasteiger partial charge in [0.15, 0.2) is 0 Å². The first-order chi connectivity index (χ1) is 13.6. The molecule has 1 atom stereocenters. The number of aryl methyl sites for hydroxylation is 2. The standard InChI is InChI=1S/C26H34O2/c1-4-6-15-23-19-18-22(20-25(23)12-5-2)14-11-10-13-21(3)28-26(27)24-16-8-7-9-17-24/h7-9,11,14,16-21H,4-6,10,12-13,15H2,1-3H3. The van der Waals surface area contributed by atoms with Crippen LogP contribution in [0.15, 0.2) is 54.6 Å². The summed E-state index contributed by atoms with van der Waals surface area (Å²) in [6.07, 6.45) is 12.0. The molecule has 0 amide bonds. The molecule has 2 aromatic rings. The van der Waals surface area contributed by atoms with Crippen molar-refractivity contribution < 1.29 is 9.53 Å². The molecule has 2 aromatic carbocycles. The van der Waals surface area contributed by atoms with Gasteiger partial charge in [-0.1, -0.05) is 75.2 Å². The maximum Gasteiger partial charge on any atom is 0.338 e. The number of carbonyl (C=O) groups excluding carboxylic acids is 1. The largest absolute Gasteiger partial charge is 0.459 e. The van der Waals surface area contributed by atoms with Crippen molar-refractivity contribution >= 4 is 12.0 Å². The highest BCUT2D eigenvalue weighted by Gasteiger charge is 2.10. The zero-order valence-corrected chi connectivity index (χ0v) is 17.6. The summed E-state index contributed by atoms with van der Waals surface area (Å²) < 4.78 is 5.52. The third-order valence-electron chi connectivity index (χ3n) is 4.92. The van der Waals surface area contributed by atoms with E-state index >= 15 is 0 Å². The normalized spacial score (nSPS) is 12.2. The lowest BCUT2D eigenvalue weighted by Crippen LogP contribution is -2.14. The monoisotopic (exact) mass is 378 g/mol. The Morgan fingerprint density at radius 2 is 1.79 bits per heavy atom. The number of esters is 1. The summed E-state index contributed by atoms with van der Waals surface area (Å²) in [6.45, 7) is 6.44. The van der Waals surface area contributed by atoms with E-state index in [0.717, 1.165) is 19.3 Å². The highest BCUT2D eigenvalue weighted by Crippen LogP contribution is 2.18. The second kappa shape index (κ2) is 12.2. The van der Waals surface area contributed by atoms with Crippen LogP contribution in [0.25, 0.3) is 6.08 Å². The molecule has 0 saturated heterocycles. The summed E-state index contributed by atoms with van der Waals surface area (Å²) in [5.41, 5.74) is 4.86. The fourth-order valence-corrected chi connectivity index (χ4v) is 3.30. The molecule has 0 aromatic heterocycles. The van der Waals surface area contributed by atoms with E-state index in [2.05, 4.69) is 44.2 Å². The quantitative estimate of drug-likeness (QED) is 0.393. The first-order valence-corrected chi connectivity index (χ1v) is 10.7. The van der Waals surface area contributed by atoms with Crippen molar-refractivity contribution in [2.24, 2.45) is 0 Å². The average molecular weight is 379 g/mol. The van der Waals surface area contributed by atoms with Gasteiger partial charge >= 0.3 is 5.97 Å². The zero-order valence-electron chi connectivity index (χ0n) is 17.6. The van der Waals surface area contributed by atoms with Gasteiger partial charge in [0.1, 0.15) is 0 Å². The van der Waals surface area contributed by atoms with Gasteiger partial charge in [0.2, 0.25) is 0 Å². The minimum atomic E-state index is -0.246. The van der Waals surface area contributed by atoms with Crippen LogP contribution in [0, 0.1) is 0 Å². The van der Waals surface area contributed by atoms with Crippen LogP contribution in [0.2, 0.25) is 0 Å². The van der Waals surface area contributed by atoms with E-state index in [-0.39, 0.29) is 12.1 Å². The third kappa shape index (κ3) is 7.34. The van der Waals surface area contributed by atoms with Crippen LogP contribution in [-0.2, 0) is 17.6 Å². The van der Waals surface area contributed by atoms with E-state index in [0.29, 0.717) is 5.56 Å². The lowest BCUT2D eigenvalue weighted by atomic mass is 9.96. The summed E-state index contributed by atoms with van der Waals surface area (Å²) in [4.78, 5) is 12.1. The SMILES string of the molecule is CCCCc1ccc(C=CCCC(C)OC(=O)c2ccccc2)cc1CCC. The van der Waals surface area contributed by atoms with Gasteiger partial charge < -0.3 is 4.74 Å². The molecule has 0 aliphatic carbocycles. The Balaban J connectivity index is 1.84. The summed E-state index contributed by atoms with van der Waals surface area (Å²) in [7, 11) is 0.